The lowest BCUT2D eigenvalue weighted by molar-refractivity contribution is 0.102. The topological polar surface area (TPSA) is 85.8 Å². The Balaban J connectivity index is 1.56. The van der Waals surface area contributed by atoms with Crippen molar-refractivity contribution in [3.05, 3.63) is 88.0 Å². The highest BCUT2D eigenvalue weighted by atomic mass is 127. The summed E-state index contributed by atoms with van der Waals surface area (Å²) >= 11 is 2.22. The van der Waals surface area contributed by atoms with Crippen LogP contribution in [-0.4, -0.2) is 20.9 Å². The molecule has 1 aromatic heterocycles. The van der Waals surface area contributed by atoms with E-state index in [1.807, 2.05) is 30.3 Å². The second-order valence-corrected chi connectivity index (χ2v) is 7.53. The van der Waals surface area contributed by atoms with Crippen LogP contribution in [0.25, 0.3) is 16.8 Å². The van der Waals surface area contributed by atoms with Crippen molar-refractivity contribution in [1.29, 1.82) is 0 Å². The van der Waals surface area contributed by atoms with E-state index in [0.717, 1.165) is 20.4 Å². The molecule has 0 aliphatic rings. The molecule has 0 aliphatic heterocycles. The average molecular weight is 499 g/mol. The number of hydrogen-bond acceptors (Lipinski definition) is 4. The number of nitrogen functional groups attached to an aromatic ring is 1. The minimum absolute atomic E-state index is 0.162. The first-order valence-electron chi connectivity index (χ1n) is 8.65. The van der Waals surface area contributed by atoms with Crippen LogP contribution in [0.2, 0.25) is 0 Å². The average Bonchev–Trinajstić information content (AvgIpc) is 3.21. The van der Waals surface area contributed by atoms with E-state index in [-0.39, 0.29) is 11.5 Å². The number of benzene rings is 3. The van der Waals surface area contributed by atoms with E-state index in [1.54, 1.807) is 30.5 Å². The molecule has 1 amide bonds. The minimum atomic E-state index is -0.426. The van der Waals surface area contributed by atoms with Crippen LogP contribution < -0.4 is 11.1 Å². The van der Waals surface area contributed by atoms with Crippen molar-refractivity contribution in [1.82, 2.24) is 15.0 Å². The van der Waals surface area contributed by atoms with Crippen molar-refractivity contribution in [3.63, 3.8) is 0 Å². The highest BCUT2D eigenvalue weighted by Gasteiger charge is 2.14. The van der Waals surface area contributed by atoms with Gasteiger partial charge in [-0.2, -0.15) is 0 Å². The number of carbonyl (C=O) groups is 1. The lowest BCUT2D eigenvalue weighted by Gasteiger charge is -2.10. The highest BCUT2D eigenvalue weighted by Crippen LogP contribution is 2.27. The van der Waals surface area contributed by atoms with Gasteiger partial charge in [0.05, 0.1) is 23.3 Å². The molecule has 8 heteroatoms. The number of aromatic nitrogens is 3. The summed E-state index contributed by atoms with van der Waals surface area (Å²) in [6.07, 6.45) is 1.55. The van der Waals surface area contributed by atoms with Gasteiger partial charge in [-0.3, -0.25) is 4.79 Å². The van der Waals surface area contributed by atoms with Crippen LogP contribution >= 0.6 is 22.6 Å². The number of hydrogen-bond donors (Lipinski definition) is 2. The summed E-state index contributed by atoms with van der Waals surface area (Å²) in [5.41, 5.74) is 9.45. The predicted molar refractivity (Wildman–Crippen MR) is 118 cm³/mol. The summed E-state index contributed by atoms with van der Waals surface area (Å²) < 4.78 is 15.8. The number of carbonyl (C=O) groups excluding carboxylic acids is 1. The zero-order valence-electron chi connectivity index (χ0n) is 15.0. The summed E-state index contributed by atoms with van der Waals surface area (Å²) in [6.45, 7) is 0. The normalized spacial score (nSPS) is 10.7. The predicted octanol–water partition coefficient (Wildman–Crippen LogP) is 4.51. The van der Waals surface area contributed by atoms with Crippen LogP contribution in [0.1, 0.15) is 10.5 Å². The molecule has 0 atom stereocenters. The molecule has 0 spiro atoms. The Hall–Kier alpha value is -3.27. The Kier molecular flexibility index (Phi) is 5.26. The van der Waals surface area contributed by atoms with Crippen LogP contribution in [-0.2, 0) is 0 Å². The van der Waals surface area contributed by atoms with Crippen molar-refractivity contribution >= 4 is 39.9 Å². The zero-order valence-corrected chi connectivity index (χ0v) is 17.2. The number of anilines is 2. The fourth-order valence-electron chi connectivity index (χ4n) is 2.76. The Bertz CT molecular complexity index is 1170. The Morgan fingerprint density at radius 1 is 1.00 bits per heavy atom. The van der Waals surface area contributed by atoms with Gasteiger partial charge in [-0.1, -0.05) is 23.4 Å². The summed E-state index contributed by atoms with van der Waals surface area (Å²) in [7, 11) is 0. The molecule has 4 aromatic rings. The van der Waals surface area contributed by atoms with Gasteiger partial charge in [0.1, 0.15) is 5.82 Å². The number of amides is 1. The molecule has 0 saturated heterocycles. The lowest BCUT2D eigenvalue weighted by atomic mass is 10.0. The molecular weight excluding hydrogens is 484 g/mol. The van der Waals surface area contributed by atoms with E-state index >= 15 is 0 Å². The van der Waals surface area contributed by atoms with Gasteiger partial charge in [-0.15, -0.1) is 5.10 Å². The van der Waals surface area contributed by atoms with E-state index in [0.29, 0.717) is 11.4 Å². The molecule has 29 heavy (non-hydrogen) atoms. The van der Waals surface area contributed by atoms with Crippen LogP contribution in [0.4, 0.5) is 15.8 Å². The Morgan fingerprint density at radius 2 is 1.69 bits per heavy atom. The Labute approximate surface area is 179 Å². The van der Waals surface area contributed by atoms with Crippen molar-refractivity contribution < 1.29 is 9.18 Å². The number of rotatable bonds is 4. The first kappa shape index (κ1) is 19.1. The van der Waals surface area contributed by atoms with Gasteiger partial charge in [0.25, 0.3) is 5.91 Å². The molecule has 0 bridgehead atoms. The number of nitrogens with zero attached hydrogens (tertiary/aromatic N) is 3. The molecule has 1 heterocycles. The smallest absolute Gasteiger partial charge is 0.277 e. The third-order valence-electron chi connectivity index (χ3n) is 4.30. The Morgan fingerprint density at radius 3 is 2.41 bits per heavy atom. The molecule has 3 aromatic carbocycles. The molecule has 144 valence electrons. The minimum Gasteiger partial charge on any atom is -0.397 e. The maximum atomic E-state index is 13.2. The van der Waals surface area contributed by atoms with Gasteiger partial charge in [-0.05, 0) is 82.2 Å². The molecule has 0 radical (unpaired) electrons. The molecule has 6 nitrogen and oxygen atoms in total. The van der Waals surface area contributed by atoms with E-state index in [9.17, 15) is 9.18 Å². The third-order valence-corrected chi connectivity index (χ3v) is 5.02. The van der Waals surface area contributed by atoms with Gasteiger partial charge in [0.15, 0.2) is 5.69 Å². The monoisotopic (exact) mass is 499 g/mol. The van der Waals surface area contributed by atoms with Crippen molar-refractivity contribution in [3.8, 4) is 16.8 Å². The van der Waals surface area contributed by atoms with Crippen molar-refractivity contribution in [2.75, 3.05) is 11.1 Å². The summed E-state index contributed by atoms with van der Waals surface area (Å²) in [5, 5.41) is 10.7. The van der Waals surface area contributed by atoms with Crippen LogP contribution in [0.15, 0.2) is 72.9 Å². The van der Waals surface area contributed by atoms with Gasteiger partial charge >= 0.3 is 0 Å². The lowest BCUT2D eigenvalue weighted by Crippen LogP contribution is -2.13. The van der Waals surface area contributed by atoms with Crippen LogP contribution in [0, 0.1) is 9.39 Å². The quantitative estimate of drug-likeness (QED) is 0.320. The molecule has 0 fully saturated rings. The number of nitrogens with one attached hydrogen (secondary N) is 1. The van der Waals surface area contributed by atoms with Crippen LogP contribution in [0.5, 0.6) is 0 Å². The van der Waals surface area contributed by atoms with E-state index in [4.69, 9.17) is 5.73 Å². The van der Waals surface area contributed by atoms with Crippen LogP contribution in [0.3, 0.4) is 0 Å². The maximum Gasteiger partial charge on any atom is 0.277 e. The SMILES string of the molecule is Nc1ccc(-c2ccc(F)cc2)cc1NC(=O)c1cn(-c2ccc(I)cc2)nn1. The fourth-order valence-corrected chi connectivity index (χ4v) is 3.12. The van der Waals surface area contributed by atoms with Crippen molar-refractivity contribution in [2.45, 2.75) is 0 Å². The summed E-state index contributed by atoms with van der Waals surface area (Å²) in [5.74, 6) is -0.737. The highest BCUT2D eigenvalue weighted by molar-refractivity contribution is 14.1. The van der Waals surface area contributed by atoms with Gasteiger partial charge in [0.2, 0.25) is 0 Å². The first-order valence-corrected chi connectivity index (χ1v) is 9.72. The van der Waals surface area contributed by atoms with Gasteiger partial charge in [-0.25, -0.2) is 9.07 Å². The van der Waals surface area contributed by atoms with E-state index < -0.39 is 5.91 Å². The van der Waals surface area contributed by atoms with E-state index in [1.165, 1.54) is 16.8 Å². The second kappa shape index (κ2) is 8.00. The molecule has 0 unspecified atom stereocenters. The summed E-state index contributed by atoms with van der Waals surface area (Å²) in [6, 6.07) is 19.0. The largest absolute Gasteiger partial charge is 0.397 e. The van der Waals surface area contributed by atoms with E-state index in [2.05, 4.69) is 38.2 Å². The molecule has 0 aliphatic carbocycles. The first-order chi connectivity index (χ1) is 14.0. The molecular formula is C21H15FIN5O. The molecule has 3 N–H and O–H groups in total. The number of halogens is 2. The zero-order chi connectivity index (χ0) is 20.4. The maximum absolute atomic E-state index is 13.2. The van der Waals surface area contributed by atoms with Gasteiger partial charge < -0.3 is 11.1 Å². The standard InChI is InChI=1S/C21H15FIN5O/c22-15-4-1-13(2-5-15)14-3-10-18(24)19(11-14)25-21(29)20-12-28(27-26-20)17-8-6-16(23)7-9-17/h1-12H,24H2,(H,25,29). The molecule has 0 saturated carbocycles. The fraction of sp³-hybridized carbons (Fsp3) is 0. The second-order valence-electron chi connectivity index (χ2n) is 6.29. The molecule has 4 rings (SSSR count). The third kappa shape index (κ3) is 4.27. The summed E-state index contributed by atoms with van der Waals surface area (Å²) in [4.78, 5) is 12.6. The van der Waals surface area contributed by atoms with Crippen molar-refractivity contribution in [2.24, 2.45) is 0 Å². The van der Waals surface area contributed by atoms with Gasteiger partial charge in [0, 0.05) is 3.57 Å². The number of nitrogens with two attached hydrogens (primary N) is 1.